The largest absolute Gasteiger partial charge is 0.353 e. The van der Waals surface area contributed by atoms with Gasteiger partial charge in [-0.3, -0.25) is 0 Å². The van der Waals surface area contributed by atoms with E-state index in [4.69, 9.17) is 9.47 Å². The summed E-state index contributed by atoms with van der Waals surface area (Å²) in [5.41, 5.74) is 0. The molecule has 1 aromatic rings. The lowest BCUT2D eigenvalue weighted by molar-refractivity contribution is -0.140. The number of nitrogens with zero attached hydrogens (tertiary/aromatic N) is 1. The lowest BCUT2D eigenvalue weighted by Crippen LogP contribution is -2.21. The van der Waals surface area contributed by atoms with Gasteiger partial charge in [-0.15, -0.1) is 0 Å². The van der Waals surface area contributed by atoms with Crippen LogP contribution in [0.25, 0.3) is 0 Å². The molecule has 0 bridgehead atoms. The minimum absolute atomic E-state index is 0.145. The summed E-state index contributed by atoms with van der Waals surface area (Å²) in [5.74, 6) is 0. The smallest absolute Gasteiger partial charge is 0.157 e. The molecule has 0 amide bonds. The maximum absolute atomic E-state index is 12.3. The van der Waals surface area contributed by atoms with Crippen LogP contribution < -0.4 is 0 Å². The summed E-state index contributed by atoms with van der Waals surface area (Å²) >= 11 is 1.57. The number of rotatable bonds is 8. The molecule has 6 heteroatoms. The van der Waals surface area contributed by atoms with Gasteiger partial charge in [-0.2, -0.15) is 3.71 Å². The highest BCUT2D eigenvalue weighted by molar-refractivity contribution is 8.08. The summed E-state index contributed by atoms with van der Waals surface area (Å²) in [7, 11) is -1.04. The van der Waals surface area contributed by atoms with E-state index in [0.29, 0.717) is 13.2 Å². The average molecular weight is 315 g/mol. The predicted octanol–water partition coefficient (Wildman–Crippen LogP) is 3.21. The number of hydrogen-bond donors (Lipinski definition) is 0. The second-order valence-corrected chi connectivity index (χ2v) is 7.00. The molecule has 0 saturated carbocycles. The van der Waals surface area contributed by atoms with Gasteiger partial charge in [0.25, 0.3) is 0 Å². The van der Waals surface area contributed by atoms with Crippen molar-refractivity contribution in [2.24, 2.45) is 0 Å². The van der Waals surface area contributed by atoms with Crippen molar-refractivity contribution in [3.8, 4) is 0 Å². The number of fused-ring (bicyclic) bond motifs is 1. The van der Waals surface area contributed by atoms with E-state index < -0.39 is 11.0 Å². The van der Waals surface area contributed by atoms with Gasteiger partial charge in [-0.25, -0.2) is 4.21 Å². The van der Waals surface area contributed by atoms with E-state index in [2.05, 4.69) is 0 Å². The zero-order valence-electron chi connectivity index (χ0n) is 11.9. The third-order valence-corrected chi connectivity index (χ3v) is 5.89. The summed E-state index contributed by atoms with van der Waals surface area (Å²) in [5, 5.41) is 0. The first-order valence-corrected chi connectivity index (χ1v) is 8.83. The monoisotopic (exact) mass is 315 g/mol. The molecule has 1 aliphatic heterocycles. The summed E-state index contributed by atoms with van der Waals surface area (Å²) in [6.45, 7) is 6.01. The van der Waals surface area contributed by atoms with Crippen LogP contribution in [-0.4, -0.2) is 34.0 Å². The van der Waals surface area contributed by atoms with Gasteiger partial charge < -0.3 is 9.47 Å². The fourth-order valence-electron chi connectivity index (χ4n) is 2.03. The molecule has 112 valence electrons. The van der Waals surface area contributed by atoms with Crippen LogP contribution in [0.4, 0.5) is 0 Å². The van der Waals surface area contributed by atoms with E-state index >= 15 is 0 Å². The van der Waals surface area contributed by atoms with Crippen molar-refractivity contribution in [3.05, 3.63) is 24.3 Å². The molecule has 1 heterocycles. The molecule has 1 aliphatic rings. The molecule has 1 aromatic carbocycles. The highest BCUT2D eigenvalue weighted by atomic mass is 32.2. The molecule has 0 saturated heterocycles. The molecule has 0 radical (unpaired) electrons. The highest BCUT2D eigenvalue weighted by Gasteiger charge is 2.27. The zero-order valence-corrected chi connectivity index (χ0v) is 13.5. The van der Waals surface area contributed by atoms with Crippen molar-refractivity contribution in [2.75, 3.05) is 19.8 Å². The van der Waals surface area contributed by atoms with Gasteiger partial charge in [0.05, 0.1) is 4.90 Å². The molecule has 0 spiro atoms. The SMILES string of the molecule is CCOC(CCCN1Sc2ccccc2[S@@]1=O)OCC. The van der Waals surface area contributed by atoms with Gasteiger partial charge >= 0.3 is 0 Å². The van der Waals surface area contributed by atoms with Gasteiger partial charge in [-0.05, 0) is 50.8 Å². The molecular weight excluding hydrogens is 294 g/mol. The maximum atomic E-state index is 12.3. The molecular formula is C14H21NO3S2. The Morgan fingerprint density at radius 1 is 1.25 bits per heavy atom. The van der Waals surface area contributed by atoms with E-state index in [0.717, 1.165) is 29.2 Å². The maximum Gasteiger partial charge on any atom is 0.157 e. The quantitative estimate of drug-likeness (QED) is 0.545. The summed E-state index contributed by atoms with van der Waals surface area (Å²) in [4.78, 5) is 2.01. The number of benzene rings is 1. The lowest BCUT2D eigenvalue weighted by atomic mass is 10.3. The summed E-state index contributed by atoms with van der Waals surface area (Å²) < 4.78 is 25.2. The van der Waals surface area contributed by atoms with Crippen molar-refractivity contribution >= 4 is 22.9 Å². The summed E-state index contributed by atoms with van der Waals surface area (Å²) in [6, 6.07) is 7.86. The van der Waals surface area contributed by atoms with Gasteiger partial charge in [0.1, 0.15) is 11.0 Å². The Morgan fingerprint density at radius 2 is 1.95 bits per heavy atom. The van der Waals surface area contributed by atoms with Crippen LogP contribution in [0.3, 0.4) is 0 Å². The van der Waals surface area contributed by atoms with Crippen LogP contribution in [-0.2, 0) is 20.5 Å². The van der Waals surface area contributed by atoms with Gasteiger partial charge in [0.2, 0.25) is 0 Å². The van der Waals surface area contributed by atoms with Crippen LogP contribution in [0.2, 0.25) is 0 Å². The Bertz CT molecular complexity index is 450. The fraction of sp³-hybridized carbons (Fsp3) is 0.571. The lowest BCUT2D eigenvalue weighted by Gasteiger charge is -2.18. The molecule has 20 heavy (non-hydrogen) atoms. The molecule has 0 aliphatic carbocycles. The highest BCUT2D eigenvalue weighted by Crippen LogP contribution is 2.38. The van der Waals surface area contributed by atoms with Gasteiger partial charge in [0.15, 0.2) is 6.29 Å². The number of hydrogen-bond acceptors (Lipinski definition) is 4. The molecule has 1 atom stereocenters. The van der Waals surface area contributed by atoms with Gasteiger partial charge in [-0.1, -0.05) is 12.1 Å². The Kier molecular flexibility index (Phi) is 6.51. The van der Waals surface area contributed by atoms with Crippen LogP contribution in [0, 0.1) is 0 Å². The van der Waals surface area contributed by atoms with Crippen LogP contribution in [0.15, 0.2) is 34.1 Å². The van der Waals surface area contributed by atoms with E-state index in [9.17, 15) is 4.21 Å². The topological polar surface area (TPSA) is 38.8 Å². The standard InChI is InChI=1S/C14H21NO3S2/c1-3-17-14(18-4-2)10-7-11-15-19-12-8-5-6-9-13(12)20(15)16/h5-6,8-9,14H,3-4,7,10-11H2,1-2H3/t20-/m0/s1. The third-order valence-electron chi connectivity index (χ3n) is 2.91. The van der Waals surface area contributed by atoms with Crippen LogP contribution >= 0.6 is 11.9 Å². The summed E-state index contributed by atoms with van der Waals surface area (Å²) in [6.07, 6.45) is 1.58. The zero-order chi connectivity index (χ0) is 14.4. The van der Waals surface area contributed by atoms with E-state index in [1.807, 2.05) is 41.8 Å². The van der Waals surface area contributed by atoms with Crippen molar-refractivity contribution in [1.29, 1.82) is 0 Å². The van der Waals surface area contributed by atoms with Crippen molar-refractivity contribution < 1.29 is 13.7 Å². The molecule has 0 aromatic heterocycles. The van der Waals surface area contributed by atoms with Crippen molar-refractivity contribution in [3.63, 3.8) is 0 Å². The normalized spacial score (nSPS) is 18.6. The van der Waals surface area contributed by atoms with Crippen LogP contribution in [0.1, 0.15) is 26.7 Å². The van der Waals surface area contributed by atoms with E-state index in [-0.39, 0.29) is 6.29 Å². The van der Waals surface area contributed by atoms with E-state index in [1.54, 1.807) is 11.9 Å². The Balaban J connectivity index is 1.80. The van der Waals surface area contributed by atoms with Crippen molar-refractivity contribution in [1.82, 2.24) is 3.71 Å². The molecule has 4 nitrogen and oxygen atoms in total. The second-order valence-electron chi connectivity index (χ2n) is 4.33. The predicted molar refractivity (Wildman–Crippen MR) is 81.7 cm³/mol. The van der Waals surface area contributed by atoms with E-state index in [1.165, 1.54) is 0 Å². The number of ether oxygens (including phenoxy) is 2. The van der Waals surface area contributed by atoms with Crippen LogP contribution in [0.5, 0.6) is 0 Å². The Hall–Kier alpha value is -0.400. The minimum Gasteiger partial charge on any atom is -0.353 e. The Labute approximate surface area is 127 Å². The van der Waals surface area contributed by atoms with Gasteiger partial charge in [0, 0.05) is 24.7 Å². The first-order valence-electron chi connectivity index (χ1n) is 6.95. The minimum atomic E-state index is -1.04. The molecule has 2 rings (SSSR count). The molecule has 0 fully saturated rings. The third kappa shape index (κ3) is 4.05. The first kappa shape index (κ1) is 16.0. The van der Waals surface area contributed by atoms with Crippen molar-refractivity contribution in [2.45, 2.75) is 42.8 Å². The molecule has 0 unspecified atom stereocenters. The second kappa shape index (κ2) is 8.14. The fourth-order valence-corrected chi connectivity index (χ4v) is 4.79. The first-order chi connectivity index (χ1) is 9.76. The Morgan fingerprint density at radius 3 is 2.60 bits per heavy atom. The average Bonchev–Trinajstić information content (AvgIpc) is 2.77. The molecule has 0 N–H and O–H groups in total.